The fourth-order valence-electron chi connectivity index (χ4n) is 3.08. The number of aromatic nitrogens is 3. The minimum absolute atomic E-state index is 0.163. The van der Waals surface area contributed by atoms with E-state index in [0.29, 0.717) is 17.5 Å². The van der Waals surface area contributed by atoms with E-state index in [2.05, 4.69) is 36.7 Å². The van der Waals surface area contributed by atoms with E-state index in [1.165, 1.54) is 11.8 Å². The van der Waals surface area contributed by atoms with Crippen LogP contribution >= 0.6 is 27.7 Å². The Balaban J connectivity index is 1.30. The summed E-state index contributed by atoms with van der Waals surface area (Å²) in [5.41, 5.74) is 5.36. The van der Waals surface area contributed by atoms with Crippen molar-refractivity contribution in [1.82, 2.24) is 20.2 Å². The first-order chi connectivity index (χ1) is 16.6. The number of rotatable bonds is 9. The highest BCUT2D eigenvalue weighted by Crippen LogP contribution is 2.24. The van der Waals surface area contributed by atoms with Gasteiger partial charge in [0.15, 0.2) is 11.0 Å². The number of hydrazone groups is 1. The molecule has 3 aromatic carbocycles. The van der Waals surface area contributed by atoms with Gasteiger partial charge in [-0.05, 0) is 29.8 Å². The number of ether oxygens (including phenoxy) is 1. The zero-order valence-electron chi connectivity index (χ0n) is 18.4. The number of halogens is 1. The molecule has 0 saturated heterocycles. The molecule has 1 heterocycles. The second-order valence-electron chi connectivity index (χ2n) is 7.27. The van der Waals surface area contributed by atoms with Crippen LogP contribution in [0.1, 0.15) is 11.1 Å². The van der Waals surface area contributed by atoms with E-state index in [1.807, 2.05) is 90.5 Å². The summed E-state index contributed by atoms with van der Waals surface area (Å²) < 4.78 is 8.78. The third-order valence-corrected chi connectivity index (χ3v) is 6.37. The second kappa shape index (κ2) is 11.6. The molecule has 0 aliphatic carbocycles. The van der Waals surface area contributed by atoms with Crippen LogP contribution in [0, 0.1) is 0 Å². The quantitative estimate of drug-likeness (QED) is 0.184. The van der Waals surface area contributed by atoms with Gasteiger partial charge in [-0.25, -0.2) is 5.43 Å². The van der Waals surface area contributed by atoms with Crippen molar-refractivity contribution in [3.05, 3.63) is 94.5 Å². The molecular weight excluding hydrogens is 514 g/mol. The Morgan fingerprint density at radius 3 is 2.59 bits per heavy atom. The van der Waals surface area contributed by atoms with Gasteiger partial charge in [-0.1, -0.05) is 82.3 Å². The van der Waals surface area contributed by atoms with Crippen molar-refractivity contribution in [3.63, 3.8) is 0 Å². The number of hydrogen-bond donors (Lipinski definition) is 1. The van der Waals surface area contributed by atoms with Crippen LogP contribution in [0.5, 0.6) is 5.75 Å². The van der Waals surface area contributed by atoms with Crippen molar-refractivity contribution in [2.45, 2.75) is 11.8 Å². The van der Waals surface area contributed by atoms with Gasteiger partial charge in [0.25, 0.3) is 5.91 Å². The van der Waals surface area contributed by atoms with Crippen LogP contribution < -0.4 is 10.2 Å². The summed E-state index contributed by atoms with van der Waals surface area (Å²) in [4.78, 5) is 12.3. The number of nitrogens with one attached hydrogen (secondary N) is 1. The van der Waals surface area contributed by atoms with Crippen molar-refractivity contribution in [2.75, 3.05) is 5.75 Å². The van der Waals surface area contributed by atoms with Gasteiger partial charge in [0.2, 0.25) is 0 Å². The Kier molecular flexibility index (Phi) is 8.11. The molecule has 1 N–H and O–H groups in total. The number of para-hydroxylation sites is 1. The molecule has 0 atom stereocenters. The van der Waals surface area contributed by atoms with Gasteiger partial charge in [0.05, 0.1) is 12.0 Å². The molecule has 0 aliphatic heterocycles. The molecule has 1 amide bonds. The standard InChI is InChI=1S/C25H22BrN5O2S/c1-31-24(19-11-13-21(26)14-12-19)29-30-25(31)34-17-23(32)28-27-15-20-9-5-6-10-22(20)33-16-18-7-3-2-4-8-18/h2-15H,16-17H2,1H3,(H,28,32)/b27-15+. The highest BCUT2D eigenvalue weighted by molar-refractivity contribution is 9.10. The monoisotopic (exact) mass is 535 g/mol. The van der Waals surface area contributed by atoms with Crippen LogP contribution in [-0.4, -0.2) is 32.6 Å². The summed E-state index contributed by atoms with van der Waals surface area (Å²) in [5, 5.41) is 13.2. The van der Waals surface area contributed by atoms with Crippen molar-refractivity contribution in [3.8, 4) is 17.1 Å². The maximum atomic E-state index is 12.3. The SMILES string of the molecule is Cn1c(SCC(=O)N/N=C/c2ccccc2OCc2ccccc2)nnc1-c1ccc(Br)cc1. The number of nitrogens with zero attached hydrogens (tertiary/aromatic N) is 4. The normalized spacial score (nSPS) is 11.0. The van der Waals surface area contributed by atoms with E-state index < -0.39 is 0 Å². The first-order valence-corrected chi connectivity index (χ1v) is 12.2. The molecule has 34 heavy (non-hydrogen) atoms. The molecule has 4 rings (SSSR count). The molecule has 0 spiro atoms. The summed E-state index contributed by atoms with van der Waals surface area (Å²) in [6.45, 7) is 0.453. The largest absolute Gasteiger partial charge is 0.488 e. The van der Waals surface area contributed by atoms with E-state index >= 15 is 0 Å². The zero-order valence-corrected chi connectivity index (χ0v) is 20.8. The summed E-state index contributed by atoms with van der Waals surface area (Å²) in [5.74, 6) is 1.35. The molecule has 0 unspecified atom stereocenters. The molecule has 172 valence electrons. The van der Waals surface area contributed by atoms with Gasteiger partial charge in [0.1, 0.15) is 12.4 Å². The van der Waals surface area contributed by atoms with Crippen LogP contribution in [0.3, 0.4) is 0 Å². The lowest BCUT2D eigenvalue weighted by molar-refractivity contribution is -0.118. The average Bonchev–Trinajstić information content (AvgIpc) is 3.23. The van der Waals surface area contributed by atoms with Crippen molar-refractivity contribution in [1.29, 1.82) is 0 Å². The van der Waals surface area contributed by atoms with Gasteiger partial charge in [0, 0.05) is 22.6 Å². The third kappa shape index (κ3) is 6.33. The van der Waals surface area contributed by atoms with Crippen LogP contribution in [0.25, 0.3) is 11.4 Å². The predicted octanol–water partition coefficient (Wildman–Crippen LogP) is 5.07. The molecule has 0 fully saturated rings. The van der Waals surface area contributed by atoms with Crippen molar-refractivity contribution < 1.29 is 9.53 Å². The highest BCUT2D eigenvalue weighted by atomic mass is 79.9. The van der Waals surface area contributed by atoms with Crippen LogP contribution in [0.15, 0.2) is 93.6 Å². The minimum Gasteiger partial charge on any atom is -0.488 e. The fourth-order valence-corrected chi connectivity index (χ4v) is 4.05. The molecule has 4 aromatic rings. The second-order valence-corrected chi connectivity index (χ2v) is 9.12. The van der Waals surface area contributed by atoms with Crippen molar-refractivity contribution in [2.24, 2.45) is 12.1 Å². The first kappa shape index (κ1) is 23.7. The van der Waals surface area contributed by atoms with E-state index in [1.54, 1.807) is 6.21 Å². The molecule has 0 saturated carbocycles. The smallest absolute Gasteiger partial charge is 0.250 e. The van der Waals surface area contributed by atoms with Crippen molar-refractivity contribution >= 4 is 39.8 Å². The Labute approximate surface area is 210 Å². The Morgan fingerprint density at radius 1 is 1.06 bits per heavy atom. The van der Waals surface area contributed by atoms with Gasteiger partial charge < -0.3 is 9.30 Å². The van der Waals surface area contributed by atoms with Gasteiger partial charge >= 0.3 is 0 Å². The Bertz CT molecular complexity index is 1280. The number of amides is 1. The Hall–Kier alpha value is -3.43. The number of benzene rings is 3. The summed E-state index contributed by atoms with van der Waals surface area (Å²) in [6, 6.07) is 25.3. The molecule has 0 aliphatic rings. The molecule has 1 aromatic heterocycles. The van der Waals surface area contributed by atoms with E-state index in [-0.39, 0.29) is 11.7 Å². The Morgan fingerprint density at radius 2 is 1.79 bits per heavy atom. The number of hydrogen-bond acceptors (Lipinski definition) is 6. The molecule has 0 radical (unpaired) electrons. The summed E-state index contributed by atoms with van der Waals surface area (Å²) in [7, 11) is 1.88. The zero-order chi connectivity index (χ0) is 23.8. The van der Waals surface area contributed by atoms with E-state index in [0.717, 1.165) is 27.0 Å². The fraction of sp³-hybridized carbons (Fsp3) is 0.120. The lowest BCUT2D eigenvalue weighted by Crippen LogP contribution is -2.20. The van der Waals surface area contributed by atoms with Crippen LogP contribution in [-0.2, 0) is 18.4 Å². The summed E-state index contributed by atoms with van der Waals surface area (Å²) >= 11 is 4.73. The van der Waals surface area contributed by atoms with Gasteiger partial charge in [-0.15, -0.1) is 10.2 Å². The first-order valence-electron chi connectivity index (χ1n) is 10.5. The lowest BCUT2D eigenvalue weighted by Gasteiger charge is -2.09. The van der Waals surface area contributed by atoms with Gasteiger partial charge in [-0.3, -0.25) is 4.79 Å². The van der Waals surface area contributed by atoms with E-state index in [4.69, 9.17) is 4.74 Å². The lowest BCUT2D eigenvalue weighted by atomic mass is 10.2. The van der Waals surface area contributed by atoms with Crippen LogP contribution in [0.4, 0.5) is 0 Å². The molecule has 7 nitrogen and oxygen atoms in total. The topological polar surface area (TPSA) is 81.4 Å². The minimum atomic E-state index is -0.239. The molecule has 0 bridgehead atoms. The maximum Gasteiger partial charge on any atom is 0.250 e. The maximum absolute atomic E-state index is 12.3. The molecular formula is C25H22BrN5O2S. The predicted molar refractivity (Wildman–Crippen MR) is 138 cm³/mol. The highest BCUT2D eigenvalue weighted by Gasteiger charge is 2.13. The van der Waals surface area contributed by atoms with E-state index in [9.17, 15) is 4.79 Å². The van der Waals surface area contributed by atoms with Crippen LogP contribution in [0.2, 0.25) is 0 Å². The van der Waals surface area contributed by atoms with Gasteiger partial charge in [-0.2, -0.15) is 5.10 Å². The number of carbonyl (C=O) groups excluding carboxylic acids is 1. The number of thioether (sulfide) groups is 1. The average molecular weight is 536 g/mol. The summed E-state index contributed by atoms with van der Waals surface area (Å²) in [6.07, 6.45) is 1.58. The molecule has 9 heteroatoms. The number of carbonyl (C=O) groups is 1. The third-order valence-electron chi connectivity index (χ3n) is 4.82.